The molecule has 0 spiro atoms. The molecule has 34 heavy (non-hydrogen) atoms. The van der Waals surface area contributed by atoms with Gasteiger partial charge in [-0.1, -0.05) is 31.7 Å². The van der Waals surface area contributed by atoms with Gasteiger partial charge in [-0.3, -0.25) is 9.36 Å². The van der Waals surface area contributed by atoms with Gasteiger partial charge in [-0.2, -0.15) is 0 Å². The van der Waals surface area contributed by atoms with Gasteiger partial charge in [0.2, 0.25) is 5.91 Å². The fourth-order valence-corrected chi connectivity index (χ4v) is 4.69. The monoisotopic (exact) mass is 500 g/mol. The second kappa shape index (κ2) is 11.8. The van der Waals surface area contributed by atoms with Gasteiger partial charge in [0.05, 0.1) is 25.0 Å². The zero-order valence-electron chi connectivity index (χ0n) is 19.7. The lowest BCUT2D eigenvalue weighted by Gasteiger charge is -2.10. The minimum absolute atomic E-state index is 0.106. The first-order valence-electron chi connectivity index (χ1n) is 10.7. The van der Waals surface area contributed by atoms with Gasteiger partial charge in [0.25, 0.3) is 0 Å². The largest absolute Gasteiger partial charge is 0.493 e. The second-order valence-corrected chi connectivity index (χ2v) is 10.1. The molecule has 0 unspecified atom stereocenters. The van der Waals surface area contributed by atoms with Crippen LogP contribution in [-0.2, 0) is 16.1 Å². The van der Waals surface area contributed by atoms with Gasteiger partial charge in [0.1, 0.15) is 10.8 Å². The summed E-state index contributed by atoms with van der Waals surface area (Å²) in [6, 6.07) is 9.40. The summed E-state index contributed by atoms with van der Waals surface area (Å²) in [5, 5.41) is 12.5. The van der Waals surface area contributed by atoms with Crippen molar-refractivity contribution >= 4 is 40.0 Å². The van der Waals surface area contributed by atoms with Gasteiger partial charge >= 0.3 is 5.97 Å². The molecule has 0 aliphatic carbocycles. The maximum absolute atomic E-state index is 12.6. The lowest BCUT2D eigenvalue weighted by Crippen LogP contribution is -2.16. The zero-order chi connectivity index (χ0) is 24.7. The topological polar surface area (TPSA) is 95.3 Å². The first-order chi connectivity index (χ1) is 16.3. The van der Waals surface area contributed by atoms with Gasteiger partial charge in [0, 0.05) is 17.0 Å². The van der Waals surface area contributed by atoms with E-state index in [2.05, 4.69) is 35.9 Å². The maximum atomic E-state index is 12.6. The summed E-state index contributed by atoms with van der Waals surface area (Å²) in [6.07, 6.45) is 1.76. The molecular formula is C24H28N4O4S2. The van der Waals surface area contributed by atoms with Crippen molar-refractivity contribution in [2.24, 2.45) is 5.92 Å². The molecule has 1 aromatic carbocycles. The number of anilines is 1. The first kappa shape index (κ1) is 25.5. The Labute approximate surface area is 207 Å². The highest BCUT2D eigenvalue weighted by molar-refractivity contribution is 7.99. The van der Waals surface area contributed by atoms with Crippen molar-refractivity contribution in [3.05, 3.63) is 53.4 Å². The second-order valence-electron chi connectivity index (χ2n) is 7.86. The van der Waals surface area contributed by atoms with Crippen molar-refractivity contribution in [1.29, 1.82) is 0 Å². The number of nitrogens with one attached hydrogen (secondary N) is 1. The highest BCUT2D eigenvalue weighted by Crippen LogP contribution is 2.29. The average Bonchev–Trinajstić information content (AvgIpc) is 3.39. The zero-order valence-corrected chi connectivity index (χ0v) is 21.3. The van der Waals surface area contributed by atoms with Crippen molar-refractivity contribution in [3.63, 3.8) is 0 Å². The number of thiophene rings is 1. The number of carbonyl (C=O) groups excluding carboxylic acids is 2. The molecule has 2 heterocycles. The van der Waals surface area contributed by atoms with Crippen LogP contribution in [0.1, 0.15) is 29.1 Å². The van der Waals surface area contributed by atoms with E-state index in [9.17, 15) is 9.59 Å². The molecule has 180 valence electrons. The number of rotatable bonds is 11. The van der Waals surface area contributed by atoms with E-state index in [1.54, 1.807) is 12.1 Å². The molecule has 0 fully saturated rings. The Bertz CT molecular complexity index is 1150. The quantitative estimate of drug-likeness (QED) is 0.223. The number of hydrogen-bond acceptors (Lipinski definition) is 8. The van der Waals surface area contributed by atoms with E-state index in [0.29, 0.717) is 40.6 Å². The lowest BCUT2D eigenvalue weighted by atomic mass is 10.2. The summed E-state index contributed by atoms with van der Waals surface area (Å²) >= 11 is 2.59. The van der Waals surface area contributed by atoms with Crippen molar-refractivity contribution in [2.45, 2.75) is 32.5 Å². The van der Waals surface area contributed by atoms with Gasteiger partial charge in [0.15, 0.2) is 11.0 Å². The first-order valence-corrected chi connectivity index (χ1v) is 12.5. The lowest BCUT2D eigenvalue weighted by molar-refractivity contribution is -0.113. The predicted molar refractivity (Wildman–Crippen MR) is 136 cm³/mol. The van der Waals surface area contributed by atoms with Gasteiger partial charge in [-0.15, -0.1) is 28.1 Å². The standard InChI is InChI=1S/C24H28N4O4S2/c1-6-11-28-21(17-7-9-18(10-8-17)32-13-15(2)3)26-27-24(28)33-14-20(29)25-22-19(23(30)31-5)12-16(4)34-22/h6-10,12,15H,1,11,13-14H2,2-5H3,(H,25,29). The number of benzene rings is 1. The highest BCUT2D eigenvalue weighted by Gasteiger charge is 2.19. The minimum Gasteiger partial charge on any atom is -0.493 e. The molecule has 8 nitrogen and oxygen atoms in total. The molecule has 0 saturated carbocycles. The molecule has 0 saturated heterocycles. The summed E-state index contributed by atoms with van der Waals surface area (Å²) in [4.78, 5) is 25.4. The van der Waals surface area contributed by atoms with Crippen LogP contribution >= 0.6 is 23.1 Å². The summed E-state index contributed by atoms with van der Waals surface area (Å²) in [7, 11) is 1.31. The number of methoxy groups -OCH3 is 1. The van der Waals surface area contributed by atoms with Crippen LogP contribution in [0.3, 0.4) is 0 Å². The van der Waals surface area contributed by atoms with Gasteiger partial charge in [-0.05, 0) is 43.2 Å². The van der Waals surface area contributed by atoms with Gasteiger partial charge in [-0.25, -0.2) is 4.79 Å². The van der Waals surface area contributed by atoms with E-state index >= 15 is 0 Å². The van der Waals surface area contributed by atoms with Crippen LogP contribution in [0, 0.1) is 12.8 Å². The Morgan fingerprint density at radius 3 is 2.65 bits per heavy atom. The number of thioether (sulfide) groups is 1. The number of hydrogen-bond donors (Lipinski definition) is 1. The Hall–Kier alpha value is -3.11. The molecule has 3 rings (SSSR count). The number of nitrogens with zero attached hydrogens (tertiary/aromatic N) is 3. The molecule has 1 amide bonds. The Morgan fingerprint density at radius 2 is 2.00 bits per heavy atom. The number of carbonyl (C=O) groups is 2. The smallest absolute Gasteiger partial charge is 0.340 e. The SMILES string of the molecule is C=CCn1c(SCC(=O)Nc2sc(C)cc2C(=O)OC)nnc1-c1ccc(OCC(C)C)cc1. The maximum Gasteiger partial charge on any atom is 0.340 e. The number of aryl methyl sites for hydroxylation is 1. The highest BCUT2D eigenvalue weighted by atomic mass is 32.2. The van der Waals surface area contributed by atoms with Crippen LogP contribution in [0.2, 0.25) is 0 Å². The number of esters is 1. The van der Waals surface area contributed by atoms with Crippen molar-refractivity contribution < 1.29 is 19.1 Å². The fourth-order valence-electron chi connectivity index (χ4n) is 3.03. The van der Waals surface area contributed by atoms with Crippen molar-refractivity contribution in [1.82, 2.24) is 14.8 Å². The minimum atomic E-state index is -0.483. The summed E-state index contributed by atoms with van der Waals surface area (Å²) in [6.45, 7) is 11.0. The summed E-state index contributed by atoms with van der Waals surface area (Å²) < 4.78 is 12.5. The molecule has 1 N–H and O–H groups in total. The van der Waals surface area contributed by atoms with E-state index in [4.69, 9.17) is 9.47 Å². The van der Waals surface area contributed by atoms with Crippen LogP contribution < -0.4 is 10.1 Å². The normalized spacial score (nSPS) is 10.9. The predicted octanol–water partition coefficient (Wildman–Crippen LogP) is 5.05. The number of amides is 1. The van der Waals surface area contributed by atoms with E-state index in [1.807, 2.05) is 35.8 Å². The fraction of sp³-hybridized carbons (Fsp3) is 0.333. The molecule has 10 heteroatoms. The molecule has 3 aromatic rings. The number of ether oxygens (including phenoxy) is 2. The van der Waals surface area contributed by atoms with Crippen LogP contribution in [0.5, 0.6) is 5.75 Å². The van der Waals surface area contributed by atoms with Gasteiger partial charge < -0.3 is 14.8 Å². The van der Waals surface area contributed by atoms with Crippen molar-refractivity contribution in [3.8, 4) is 17.1 Å². The molecule has 0 atom stereocenters. The van der Waals surface area contributed by atoms with E-state index < -0.39 is 5.97 Å². The molecule has 0 bridgehead atoms. The summed E-state index contributed by atoms with van der Waals surface area (Å²) in [5.41, 5.74) is 1.24. The van der Waals surface area contributed by atoms with Crippen molar-refractivity contribution in [2.75, 3.05) is 24.8 Å². The molecule has 0 radical (unpaired) electrons. The average molecular weight is 501 g/mol. The Morgan fingerprint density at radius 1 is 1.26 bits per heavy atom. The van der Waals surface area contributed by atoms with E-state index in [-0.39, 0.29) is 11.7 Å². The third-order valence-electron chi connectivity index (χ3n) is 4.57. The summed E-state index contributed by atoms with van der Waals surface area (Å²) in [5.74, 6) is 1.30. The van der Waals surface area contributed by atoms with Crippen LogP contribution in [0.25, 0.3) is 11.4 Å². The Kier molecular flexibility index (Phi) is 8.89. The van der Waals surface area contributed by atoms with E-state index in [0.717, 1.165) is 16.2 Å². The number of aromatic nitrogens is 3. The molecule has 0 aliphatic heterocycles. The van der Waals surface area contributed by atoms with E-state index in [1.165, 1.54) is 30.2 Å². The third-order valence-corrected chi connectivity index (χ3v) is 6.50. The third kappa shape index (κ3) is 6.48. The Balaban J connectivity index is 1.70. The van der Waals surface area contributed by atoms with Crippen LogP contribution in [-0.4, -0.2) is 46.1 Å². The molecule has 0 aliphatic rings. The van der Waals surface area contributed by atoms with Crippen LogP contribution in [0.15, 0.2) is 48.1 Å². The molecule has 2 aromatic heterocycles. The van der Waals surface area contributed by atoms with Crippen LogP contribution in [0.4, 0.5) is 5.00 Å². The molecular weight excluding hydrogens is 472 g/mol. The number of allylic oxidation sites excluding steroid dienone is 1.